The first kappa shape index (κ1) is 15.3. The van der Waals surface area contributed by atoms with Crippen LogP contribution in [0.1, 0.15) is 51.4 Å². The topological polar surface area (TPSA) is 83.6 Å². The summed E-state index contributed by atoms with van der Waals surface area (Å²) in [4.78, 5) is 25.5. The van der Waals surface area contributed by atoms with Gasteiger partial charge in [0.15, 0.2) is 0 Å². The van der Waals surface area contributed by atoms with E-state index in [4.69, 9.17) is 10.8 Å². The van der Waals surface area contributed by atoms with Crippen molar-refractivity contribution < 1.29 is 14.7 Å². The first-order chi connectivity index (χ1) is 9.54. The fourth-order valence-electron chi connectivity index (χ4n) is 3.72. The number of hydrogen-bond donors (Lipinski definition) is 2. The van der Waals surface area contributed by atoms with Gasteiger partial charge < -0.3 is 15.7 Å². The second-order valence-corrected chi connectivity index (χ2v) is 6.54. The number of likely N-dealkylation sites (tertiary alicyclic amines) is 1. The molecule has 1 aliphatic heterocycles. The Hall–Kier alpha value is -1.10. The van der Waals surface area contributed by atoms with Crippen LogP contribution >= 0.6 is 0 Å². The predicted molar refractivity (Wildman–Crippen MR) is 76.1 cm³/mol. The highest BCUT2D eigenvalue weighted by Gasteiger charge is 2.38. The number of hydrogen-bond acceptors (Lipinski definition) is 3. The van der Waals surface area contributed by atoms with E-state index >= 15 is 0 Å². The van der Waals surface area contributed by atoms with E-state index in [0.29, 0.717) is 18.9 Å². The molecule has 2 fully saturated rings. The monoisotopic (exact) mass is 282 g/mol. The van der Waals surface area contributed by atoms with Crippen LogP contribution < -0.4 is 5.73 Å². The number of carboxylic acid groups (broad SMARTS) is 1. The zero-order valence-corrected chi connectivity index (χ0v) is 12.1. The van der Waals surface area contributed by atoms with Gasteiger partial charge in [0.25, 0.3) is 0 Å². The van der Waals surface area contributed by atoms with Crippen LogP contribution in [-0.2, 0) is 9.59 Å². The number of amides is 1. The van der Waals surface area contributed by atoms with Crippen LogP contribution in [0.5, 0.6) is 0 Å². The van der Waals surface area contributed by atoms with Gasteiger partial charge in [0, 0.05) is 19.5 Å². The lowest BCUT2D eigenvalue weighted by Crippen LogP contribution is -2.37. The lowest BCUT2D eigenvalue weighted by Gasteiger charge is -2.36. The molecule has 1 unspecified atom stereocenters. The van der Waals surface area contributed by atoms with E-state index in [-0.39, 0.29) is 17.7 Å². The van der Waals surface area contributed by atoms with Crippen molar-refractivity contribution in [3.63, 3.8) is 0 Å². The van der Waals surface area contributed by atoms with Gasteiger partial charge in [0.1, 0.15) is 0 Å². The average Bonchev–Trinajstić information content (AvgIpc) is 2.87. The minimum Gasteiger partial charge on any atom is -0.481 e. The van der Waals surface area contributed by atoms with Gasteiger partial charge >= 0.3 is 5.97 Å². The molecule has 0 aromatic carbocycles. The van der Waals surface area contributed by atoms with Crippen LogP contribution in [0.2, 0.25) is 0 Å². The Morgan fingerprint density at radius 1 is 1.20 bits per heavy atom. The van der Waals surface area contributed by atoms with E-state index in [0.717, 1.165) is 51.6 Å². The molecule has 114 valence electrons. The van der Waals surface area contributed by atoms with Crippen molar-refractivity contribution in [3.05, 3.63) is 0 Å². The number of carbonyl (C=O) groups excluding carboxylic acids is 1. The van der Waals surface area contributed by atoms with Crippen LogP contribution in [0.3, 0.4) is 0 Å². The zero-order chi connectivity index (χ0) is 14.6. The minimum atomic E-state index is -0.777. The van der Waals surface area contributed by atoms with E-state index in [2.05, 4.69) is 0 Å². The highest BCUT2D eigenvalue weighted by atomic mass is 16.4. The Morgan fingerprint density at radius 3 is 2.45 bits per heavy atom. The molecule has 0 spiro atoms. The van der Waals surface area contributed by atoms with E-state index in [1.807, 2.05) is 4.90 Å². The summed E-state index contributed by atoms with van der Waals surface area (Å²) in [5.74, 6) is -0.231. The molecule has 1 saturated heterocycles. The normalized spacial score (nSPS) is 25.6. The molecule has 2 rings (SSSR count). The van der Waals surface area contributed by atoms with Gasteiger partial charge in [-0.2, -0.15) is 0 Å². The van der Waals surface area contributed by atoms with Crippen molar-refractivity contribution in [3.8, 4) is 0 Å². The van der Waals surface area contributed by atoms with Crippen LogP contribution in [0.4, 0.5) is 0 Å². The number of carboxylic acids is 1. The Balaban J connectivity index is 1.96. The van der Waals surface area contributed by atoms with E-state index in [9.17, 15) is 9.59 Å². The molecule has 1 atom stereocenters. The molecule has 5 nitrogen and oxygen atoms in total. The minimum absolute atomic E-state index is 0.129. The third-order valence-corrected chi connectivity index (χ3v) is 4.94. The molecular weight excluding hydrogens is 256 g/mol. The molecular formula is C15H26N2O3. The number of nitrogens with zero attached hydrogens (tertiary/aromatic N) is 1. The molecule has 1 aliphatic carbocycles. The molecule has 2 aliphatic rings. The lowest BCUT2D eigenvalue weighted by atomic mass is 9.69. The smallest absolute Gasteiger partial charge is 0.303 e. The lowest BCUT2D eigenvalue weighted by molar-refractivity contribution is -0.142. The van der Waals surface area contributed by atoms with Crippen molar-refractivity contribution in [2.75, 3.05) is 19.6 Å². The highest BCUT2D eigenvalue weighted by molar-refractivity contribution is 5.78. The summed E-state index contributed by atoms with van der Waals surface area (Å²) in [6.45, 7) is 2.16. The molecule has 1 saturated carbocycles. The maximum atomic E-state index is 12.5. The van der Waals surface area contributed by atoms with Crippen LogP contribution in [0.25, 0.3) is 0 Å². The molecule has 0 radical (unpaired) electrons. The van der Waals surface area contributed by atoms with Crippen LogP contribution in [0, 0.1) is 11.3 Å². The van der Waals surface area contributed by atoms with Gasteiger partial charge in [-0.25, -0.2) is 0 Å². The van der Waals surface area contributed by atoms with Crippen molar-refractivity contribution >= 4 is 11.9 Å². The second kappa shape index (κ2) is 6.57. The summed E-state index contributed by atoms with van der Waals surface area (Å²) in [7, 11) is 0. The number of nitrogens with two attached hydrogens (primary N) is 1. The maximum Gasteiger partial charge on any atom is 0.303 e. The van der Waals surface area contributed by atoms with Crippen molar-refractivity contribution in [1.82, 2.24) is 4.90 Å². The Labute approximate surface area is 120 Å². The van der Waals surface area contributed by atoms with Gasteiger partial charge in [0.05, 0.1) is 6.42 Å². The first-order valence-electron chi connectivity index (χ1n) is 7.74. The van der Waals surface area contributed by atoms with Gasteiger partial charge in [-0.15, -0.1) is 0 Å². The summed E-state index contributed by atoms with van der Waals surface area (Å²) in [6, 6.07) is 0. The maximum absolute atomic E-state index is 12.5. The standard InChI is InChI=1S/C15H26N2O3/c16-10-12-4-7-17(11-12)13(18)8-15(9-14(19)20)5-2-1-3-6-15/h12H,1-11,16H2,(H,19,20). The second-order valence-electron chi connectivity index (χ2n) is 6.54. The Bertz CT molecular complexity index is 364. The Morgan fingerprint density at radius 2 is 1.90 bits per heavy atom. The number of carbonyl (C=O) groups is 2. The summed E-state index contributed by atoms with van der Waals surface area (Å²) in [5, 5.41) is 9.15. The molecule has 1 heterocycles. The molecule has 0 aromatic heterocycles. The highest BCUT2D eigenvalue weighted by Crippen LogP contribution is 2.43. The van der Waals surface area contributed by atoms with Gasteiger partial charge in [-0.05, 0) is 37.1 Å². The third-order valence-electron chi connectivity index (χ3n) is 4.94. The summed E-state index contributed by atoms with van der Waals surface area (Å²) < 4.78 is 0. The molecule has 5 heteroatoms. The molecule has 0 aromatic rings. The fraction of sp³-hybridized carbons (Fsp3) is 0.867. The van der Waals surface area contributed by atoms with E-state index < -0.39 is 5.97 Å². The largest absolute Gasteiger partial charge is 0.481 e. The van der Waals surface area contributed by atoms with Crippen LogP contribution in [-0.4, -0.2) is 41.5 Å². The molecule has 0 bridgehead atoms. The molecule has 3 N–H and O–H groups in total. The average molecular weight is 282 g/mol. The van der Waals surface area contributed by atoms with Crippen LogP contribution in [0.15, 0.2) is 0 Å². The van der Waals surface area contributed by atoms with E-state index in [1.165, 1.54) is 0 Å². The summed E-state index contributed by atoms with van der Waals surface area (Å²) in [6.07, 6.45) is 6.52. The molecule has 1 amide bonds. The molecule has 20 heavy (non-hydrogen) atoms. The van der Waals surface area contributed by atoms with Gasteiger partial charge in [-0.3, -0.25) is 9.59 Å². The van der Waals surface area contributed by atoms with Gasteiger partial charge in [0.2, 0.25) is 5.91 Å². The van der Waals surface area contributed by atoms with Crippen molar-refractivity contribution in [1.29, 1.82) is 0 Å². The number of aliphatic carboxylic acids is 1. The SMILES string of the molecule is NCC1CCN(C(=O)CC2(CC(=O)O)CCCCC2)C1. The fourth-order valence-corrected chi connectivity index (χ4v) is 3.72. The third kappa shape index (κ3) is 3.72. The zero-order valence-electron chi connectivity index (χ0n) is 12.1. The first-order valence-corrected chi connectivity index (χ1v) is 7.74. The van der Waals surface area contributed by atoms with Gasteiger partial charge in [-0.1, -0.05) is 19.3 Å². The predicted octanol–water partition coefficient (Wildman–Crippen LogP) is 1.61. The van der Waals surface area contributed by atoms with E-state index in [1.54, 1.807) is 0 Å². The summed E-state index contributed by atoms with van der Waals surface area (Å²) in [5.41, 5.74) is 5.35. The Kier molecular flexibility index (Phi) is 5.02. The van der Waals surface area contributed by atoms with Crippen molar-refractivity contribution in [2.24, 2.45) is 17.1 Å². The quantitative estimate of drug-likeness (QED) is 0.802. The van der Waals surface area contributed by atoms with Crippen molar-refractivity contribution in [2.45, 2.75) is 51.4 Å². The summed E-state index contributed by atoms with van der Waals surface area (Å²) >= 11 is 0. The number of rotatable bonds is 5.